The SMILES string of the molecule is CCCCCCCCCc1ccccc1Oc1cccc(S(=O)(=O)O)c1O. The minimum absolute atomic E-state index is 0.00265. The number of unbranched alkanes of at least 4 members (excludes halogenated alkanes) is 6. The second-order valence-electron chi connectivity index (χ2n) is 6.66. The van der Waals surface area contributed by atoms with Crippen LogP contribution in [0.3, 0.4) is 0 Å². The highest BCUT2D eigenvalue weighted by Gasteiger charge is 2.19. The zero-order valence-electron chi connectivity index (χ0n) is 15.7. The molecule has 0 saturated carbocycles. The molecule has 2 aromatic carbocycles. The summed E-state index contributed by atoms with van der Waals surface area (Å²) in [6.07, 6.45) is 9.37. The standard InChI is InChI=1S/C21H28O5S/c1-2-3-4-5-6-7-8-12-17-13-9-10-14-18(17)26-19-15-11-16-20(21(19)22)27(23,24)25/h9-11,13-16,22H,2-8,12H2,1H3,(H,23,24,25). The number of benzene rings is 2. The summed E-state index contributed by atoms with van der Waals surface area (Å²) in [6.45, 7) is 2.21. The average Bonchev–Trinajstić information content (AvgIpc) is 2.63. The third kappa shape index (κ3) is 6.56. The molecule has 0 aliphatic heterocycles. The molecule has 0 unspecified atom stereocenters. The fourth-order valence-corrected chi connectivity index (χ4v) is 3.59. The predicted molar refractivity (Wildman–Crippen MR) is 106 cm³/mol. The van der Waals surface area contributed by atoms with Crippen molar-refractivity contribution >= 4 is 10.1 Å². The van der Waals surface area contributed by atoms with E-state index in [2.05, 4.69) is 6.92 Å². The third-order valence-corrected chi connectivity index (χ3v) is 5.37. The molecule has 0 aliphatic rings. The van der Waals surface area contributed by atoms with Gasteiger partial charge in [-0.3, -0.25) is 4.55 Å². The number of hydrogen-bond acceptors (Lipinski definition) is 4. The molecule has 0 fully saturated rings. The molecule has 0 amide bonds. The van der Waals surface area contributed by atoms with Crippen molar-refractivity contribution in [1.29, 1.82) is 0 Å². The molecule has 27 heavy (non-hydrogen) atoms. The molecule has 2 aromatic rings. The second kappa shape index (κ2) is 10.3. The number of rotatable bonds is 11. The minimum Gasteiger partial charge on any atom is -0.503 e. The van der Waals surface area contributed by atoms with E-state index in [-0.39, 0.29) is 5.75 Å². The summed E-state index contributed by atoms with van der Waals surface area (Å²) in [5.74, 6) is -0.0193. The van der Waals surface area contributed by atoms with Crippen molar-refractivity contribution in [3.8, 4) is 17.2 Å². The lowest BCUT2D eigenvalue weighted by molar-refractivity contribution is 0.393. The summed E-state index contributed by atoms with van der Waals surface area (Å²) in [5, 5.41) is 10.1. The molecule has 148 valence electrons. The molecule has 0 radical (unpaired) electrons. The van der Waals surface area contributed by atoms with Gasteiger partial charge in [0.25, 0.3) is 10.1 Å². The van der Waals surface area contributed by atoms with Crippen molar-refractivity contribution in [3.63, 3.8) is 0 Å². The molecular formula is C21H28O5S. The molecule has 0 heterocycles. The summed E-state index contributed by atoms with van der Waals surface area (Å²) in [6, 6.07) is 11.5. The van der Waals surface area contributed by atoms with Crippen LogP contribution in [-0.4, -0.2) is 18.1 Å². The van der Waals surface area contributed by atoms with Gasteiger partial charge in [-0.1, -0.05) is 69.7 Å². The predicted octanol–water partition coefficient (Wildman–Crippen LogP) is 5.72. The molecule has 0 saturated heterocycles. The van der Waals surface area contributed by atoms with Crippen LogP contribution >= 0.6 is 0 Å². The zero-order valence-corrected chi connectivity index (χ0v) is 16.5. The summed E-state index contributed by atoms with van der Waals surface area (Å²) in [5.41, 5.74) is 1.00. The topological polar surface area (TPSA) is 83.8 Å². The lowest BCUT2D eigenvalue weighted by Gasteiger charge is -2.13. The normalized spacial score (nSPS) is 11.5. The second-order valence-corrected chi connectivity index (χ2v) is 8.05. The highest BCUT2D eigenvalue weighted by atomic mass is 32.2. The van der Waals surface area contributed by atoms with Gasteiger partial charge in [0.15, 0.2) is 11.5 Å². The molecule has 0 aliphatic carbocycles. The Labute approximate surface area is 161 Å². The van der Waals surface area contributed by atoms with E-state index in [1.165, 1.54) is 44.2 Å². The fourth-order valence-electron chi connectivity index (χ4n) is 2.99. The summed E-state index contributed by atoms with van der Waals surface area (Å²) in [4.78, 5) is -0.565. The quantitative estimate of drug-likeness (QED) is 0.377. The lowest BCUT2D eigenvalue weighted by Crippen LogP contribution is -2.00. The van der Waals surface area contributed by atoms with Crippen molar-refractivity contribution in [2.45, 2.75) is 63.2 Å². The molecule has 0 spiro atoms. The Bertz CT molecular complexity index is 830. The molecule has 0 aromatic heterocycles. The Morgan fingerprint density at radius 1 is 0.852 bits per heavy atom. The highest BCUT2D eigenvalue weighted by molar-refractivity contribution is 7.86. The van der Waals surface area contributed by atoms with Crippen molar-refractivity contribution in [3.05, 3.63) is 48.0 Å². The van der Waals surface area contributed by atoms with Crippen LogP contribution in [0.4, 0.5) is 0 Å². The van der Waals surface area contributed by atoms with Gasteiger partial charge in [-0.2, -0.15) is 8.42 Å². The largest absolute Gasteiger partial charge is 0.503 e. The van der Waals surface area contributed by atoms with Gasteiger partial charge in [-0.05, 0) is 36.6 Å². The maximum Gasteiger partial charge on any atom is 0.298 e. The number of phenols is 1. The van der Waals surface area contributed by atoms with Crippen LogP contribution in [0.2, 0.25) is 0 Å². The third-order valence-electron chi connectivity index (χ3n) is 4.48. The van der Waals surface area contributed by atoms with Crippen LogP contribution in [0.1, 0.15) is 57.4 Å². The summed E-state index contributed by atoms with van der Waals surface area (Å²) >= 11 is 0. The van der Waals surface area contributed by atoms with Crippen LogP contribution in [0, 0.1) is 0 Å². The van der Waals surface area contributed by atoms with Crippen LogP contribution in [-0.2, 0) is 16.5 Å². The van der Waals surface area contributed by atoms with Gasteiger partial charge < -0.3 is 9.84 Å². The highest BCUT2D eigenvalue weighted by Crippen LogP contribution is 2.37. The van der Waals surface area contributed by atoms with E-state index in [1.54, 1.807) is 6.07 Å². The van der Waals surface area contributed by atoms with Gasteiger partial charge in [-0.25, -0.2) is 0 Å². The Balaban J connectivity index is 2.02. The van der Waals surface area contributed by atoms with Crippen LogP contribution in [0.15, 0.2) is 47.4 Å². The monoisotopic (exact) mass is 392 g/mol. The first kappa shape index (κ1) is 21.3. The van der Waals surface area contributed by atoms with Crippen LogP contribution < -0.4 is 4.74 Å². The number of aromatic hydroxyl groups is 1. The molecule has 2 rings (SSSR count). The number of para-hydroxylation sites is 2. The van der Waals surface area contributed by atoms with Gasteiger partial charge in [0.1, 0.15) is 10.6 Å². The van der Waals surface area contributed by atoms with E-state index < -0.39 is 20.8 Å². The van der Waals surface area contributed by atoms with Crippen molar-refractivity contribution in [1.82, 2.24) is 0 Å². The zero-order chi connectivity index (χ0) is 19.7. The summed E-state index contributed by atoms with van der Waals surface area (Å²) in [7, 11) is -4.52. The van der Waals surface area contributed by atoms with E-state index in [4.69, 9.17) is 4.74 Å². The Morgan fingerprint density at radius 2 is 1.48 bits per heavy atom. The van der Waals surface area contributed by atoms with Gasteiger partial charge in [0.2, 0.25) is 0 Å². The first-order valence-corrected chi connectivity index (χ1v) is 10.9. The number of hydrogen-bond donors (Lipinski definition) is 2. The molecule has 5 nitrogen and oxygen atoms in total. The number of aryl methyl sites for hydroxylation is 1. The number of phenolic OH excluding ortho intramolecular Hbond substituents is 1. The Kier molecular flexibility index (Phi) is 8.13. The van der Waals surface area contributed by atoms with Crippen molar-refractivity contribution < 1.29 is 22.8 Å². The minimum atomic E-state index is -4.52. The molecule has 0 atom stereocenters. The Hall–Kier alpha value is -2.05. The van der Waals surface area contributed by atoms with E-state index in [0.29, 0.717) is 5.75 Å². The maximum absolute atomic E-state index is 11.3. The first-order chi connectivity index (χ1) is 12.9. The molecule has 6 heteroatoms. The lowest BCUT2D eigenvalue weighted by atomic mass is 10.0. The van der Waals surface area contributed by atoms with Gasteiger partial charge >= 0.3 is 0 Å². The van der Waals surface area contributed by atoms with Gasteiger partial charge in [0, 0.05) is 0 Å². The van der Waals surface area contributed by atoms with Gasteiger partial charge in [0.05, 0.1) is 0 Å². The summed E-state index contributed by atoms with van der Waals surface area (Å²) < 4.78 is 37.6. The average molecular weight is 393 g/mol. The number of ether oxygens (including phenoxy) is 1. The molecule has 2 N–H and O–H groups in total. The van der Waals surface area contributed by atoms with Crippen LogP contribution in [0.5, 0.6) is 17.2 Å². The van der Waals surface area contributed by atoms with Crippen LogP contribution in [0.25, 0.3) is 0 Å². The smallest absolute Gasteiger partial charge is 0.298 e. The van der Waals surface area contributed by atoms with E-state index in [9.17, 15) is 18.1 Å². The fraction of sp³-hybridized carbons (Fsp3) is 0.429. The molecule has 0 bridgehead atoms. The maximum atomic E-state index is 11.3. The van der Waals surface area contributed by atoms with E-state index in [1.807, 2.05) is 18.2 Å². The first-order valence-electron chi connectivity index (χ1n) is 9.48. The van der Waals surface area contributed by atoms with Gasteiger partial charge in [-0.15, -0.1) is 0 Å². The Morgan fingerprint density at radius 3 is 2.19 bits per heavy atom. The van der Waals surface area contributed by atoms with E-state index >= 15 is 0 Å². The van der Waals surface area contributed by atoms with Crippen molar-refractivity contribution in [2.75, 3.05) is 0 Å². The molecular weight excluding hydrogens is 364 g/mol. The van der Waals surface area contributed by atoms with Crippen molar-refractivity contribution in [2.24, 2.45) is 0 Å². The van der Waals surface area contributed by atoms with E-state index in [0.717, 1.165) is 30.9 Å².